The second-order valence-electron chi connectivity index (χ2n) is 7.68. The van der Waals surface area contributed by atoms with E-state index in [2.05, 4.69) is 15.3 Å². The number of anilines is 1. The Morgan fingerprint density at radius 2 is 1.91 bits per heavy atom. The van der Waals surface area contributed by atoms with Crippen LogP contribution in [0.15, 0.2) is 65.6 Å². The summed E-state index contributed by atoms with van der Waals surface area (Å²) in [6, 6.07) is 18.0. The van der Waals surface area contributed by atoms with Crippen LogP contribution in [-0.2, 0) is 14.8 Å². The summed E-state index contributed by atoms with van der Waals surface area (Å²) in [7, 11) is -3.79. The van der Waals surface area contributed by atoms with Crippen molar-refractivity contribution in [2.24, 2.45) is 0 Å². The van der Waals surface area contributed by atoms with E-state index >= 15 is 0 Å². The molecule has 0 saturated carbocycles. The Balaban J connectivity index is 1.42. The van der Waals surface area contributed by atoms with Gasteiger partial charge in [0.1, 0.15) is 12.4 Å². The van der Waals surface area contributed by atoms with Crippen LogP contribution in [0.2, 0.25) is 0 Å². The molecule has 5 rings (SSSR count). The molecule has 0 spiro atoms. The molecule has 1 aliphatic heterocycles. The molecule has 1 aliphatic rings. The van der Waals surface area contributed by atoms with Crippen LogP contribution in [0, 0.1) is 0 Å². The van der Waals surface area contributed by atoms with Crippen molar-refractivity contribution in [2.75, 3.05) is 22.9 Å². The molecule has 1 aromatic heterocycles. The Morgan fingerprint density at radius 1 is 1.12 bits per heavy atom. The van der Waals surface area contributed by atoms with Gasteiger partial charge in [0.05, 0.1) is 27.7 Å². The summed E-state index contributed by atoms with van der Waals surface area (Å²) in [6.45, 7) is -0.286. The number of benzene rings is 3. The third-order valence-electron chi connectivity index (χ3n) is 5.65. The Morgan fingerprint density at radius 3 is 2.69 bits per heavy atom. The number of hydrogen-bond donors (Lipinski definition) is 2. The maximum atomic E-state index is 13.2. The first-order valence-electron chi connectivity index (χ1n) is 10.3. The second kappa shape index (κ2) is 8.14. The van der Waals surface area contributed by atoms with Gasteiger partial charge in [-0.2, -0.15) is 11.8 Å². The minimum absolute atomic E-state index is 0.245. The number of thioether (sulfide) groups is 1. The van der Waals surface area contributed by atoms with Gasteiger partial charge >= 0.3 is 0 Å². The molecule has 0 radical (unpaired) electrons. The number of nitrogens with zero attached hydrogens (tertiary/aromatic N) is 2. The molecular formula is C23H22N4O3S2. The Labute approximate surface area is 190 Å². The number of aromatic nitrogens is 2. The molecule has 2 N–H and O–H groups in total. The van der Waals surface area contributed by atoms with E-state index in [9.17, 15) is 13.2 Å². The SMILES string of the molecule is CSCC[C@@H](NC(=O)CN1c2cccc3cccc(c23)S1(=O)=O)c1nc2ccccc2[nH]1. The highest BCUT2D eigenvalue weighted by Gasteiger charge is 2.37. The summed E-state index contributed by atoms with van der Waals surface area (Å²) in [5, 5.41) is 4.51. The van der Waals surface area contributed by atoms with Crippen molar-refractivity contribution in [3.63, 3.8) is 0 Å². The summed E-state index contributed by atoms with van der Waals surface area (Å²) in [4.78, 5) is 21.2. The highest BCUT2D eigenvalue weighted by atomic mass is 32.2. The highest BCUT2D eigenvalue weighted by molar-refractivity contribution is 7.98. The molecule has 164 valence electrons. The normalized spacial score (nSPS) is 15.3. The minimum atomic E-state index is -3.79. The quantitative estimate of drug-likeness (QED) is 0.432. The molecule has 0 unspecified atom stereocenters. The van der Waals surface area contributed by atoms with Crippen LogP contribution in [0.1, 0.15) is 18.3 Å². The first-order valence-corrected chi connectivity index (χ1v) is 13.1. The molecule has 0 aliphatic carbocycles. The summed E-state index contributed by atoms with van der Waals surface area (Å²) < 4.78 is 27.5. The Kier molecular flexibility index (Phi) is 5.30. The van der Waals surface area contributed by atoms with Crippen LogP contribution in [0.5, 0.6) is 0 Å². The molecule has 0 saturated heterocycles. The number of fused-ring (bicyclic) bond motifs is 1. The van der Waals surface area contributed by atoms with Crippen LogP contribution in [0.3, 0.4) is 0 Å². The monoisotopic (exact) mass is 466 g/mol. The van der Waals surface area contributed by atoms with Gasteiger partial charge in [0.25, 0.3) is 10.0 Å². The fraction of sp³-hybridized carbons (Fsp3) is 0.217. The fourth-order valence-electron chi connectivity index (χ4n) is 4.15. The van der Waals surface area contributed by atoms with Crippen LogP contribution in [-0.4, -0.2) is 42.8 Å². The van der Waals surface area contributed by atoms with E-state index in [0.29, 0.717) is 23.3 Å². The van der Waals surface area contributed by atoms with E-state index < -0.39 is 10.0 Å². The number of amides is 1. The van der Waals surface area contributed by atoms with Gasteiger partial charge in [0.2, 0.25) is 5.91 Å². The molecule has 0 bridgehead atoms. The number of carbonyl (C=O) groups is 1. The van der Waals surface area contributed by atoms with E-state index in [4.69, 9.17) is 0 Å². The van der Waals surface area contributed by atoms with Crippen LogP contribution < -0.4 is 9.62 Å². The maximum Gasteiger partial charge on any atom is 0.265 e. The van der Waals surface area contributed by atoms with Gasteiger partial charge in [0.15, 0.2) is 0 Å². The fourth-order valence-corrected chi connectivity index (χ4v) is 6.29. The van der Waals surface area contributed by atoms with Gasteiger partial charge in [-0.25, -0.2) is 13.4 Å². The molecule has 2 heterocycles. The van der Waals surface area contributed by atoms with Crippen molar-refractivity contribution in [3.05, 3.63) is 66.5 Å². The molecule has 1 atom stereocenters. The lowest BCUT2D eigenvalue weighted by Crippen LogP contribution is -2.40. The number of carbonyl (C=O) groups excluding carboxylic acids is 1. The molecule has 7 nitrogen and oxygen atoms in total. The molecule has 0 fully saturated rings. The van der Waals surface area contributed by atoms with Crippen LogP contribution in [0.4, 0.5) is 5.69 Å². The Hall–Kier alpha value is -3.04. The Bertz CT molecular complexity index is 1390. The van der Waals surface area contributed by atoms with Crippen LogP contribution in [0.25, 0.3) is 21.8 Å². The minimum Gasteiger partial charge on any atom is -0.345 e. The average Bonchev–Trinajstić information content (AvgIpc) is 3.31. The van der Waals surface area contributed by atoms with Crippen molar-refractivity contribution in [1.82, 2.24) is 15.3 Å². The third kappa shape index (κ3) is 3.51. The zero-order chi connectivity index (χ0) is 22.3. The number of H-pyrrole nitrogens is 1. The number of sulfonamides is 1. The number of hydrogen-bond acceptors (Lipinski definition) is 5. The maximum absolute atomic E-state index is 13.2. The zero-order valence-electron chi connectivity index (χ0n) is 17.4. The van der Waals surface area contributed by atoms with Crippen molar-refractivity contribution >= 4 is 55.2 Å². The number of rotatable bonds is 7. The van der Waals surface area contributed by atoms with Crippen molar-refractivity contribution < 1.29 is 13.2 Å². The number of para-hydroxylation sites is 2. The third-order valence-corrected chi connectivity index (χ3v) is 8.10. The summed E-state index contributed by atoms with van der Waals surface area (Å²) in [5.74, 6) is 1.13. The van der Waals surface area contributed by atoms with E-state index in [1.165, 1.54) is 4.31 Å². The lowest BCUT2D eigenvalue weighted by Gasteiger charge is -2.21. The van der Waals surface area contributed by atoms with E-state index in [0.717, 1.165) is 22.2 Å². The smallest absolute Gasteiger partial charge is 0.265 e. The van der Waals surface area contributed by atoms with E-state index in [1.54, 1.807) is 30.0 Å². The standard InChI is InChI=1S/C23H22N4O3S2/c1-31-13-12-18(23-25-16-8-2-3-9-17(16)26-23)24-21(28)14-27-19-10-4-6-15-7-5-11-20(22(15)19)32(27,29)30/h2-11,18H,12-14H2,1H3,(H,24,28)(H,25,26)/t18-/m1/s1. The van der Waals surface area contributed by atoms with Crippen molar-refractivity contribution in [1.29, 1.82) is 0 Å². The number of aromatic amines is 1. The first-order chi connectivity index (χ1) is 15.5. The van der Waals surface area contributed by atoms with Gasteiger partial charge in [-0.1, -0.05) is 36.4 Å². The van der Waals surface area contributed by atoms with Gasteiger partial charge in [0, 0.05) is 5.39 Å². The molecule has 9 heteroatoms. The summed E-state index contributed by atoms with van der Waals surface area (Å²) in [5.41, 5.74) is 2.27. The summed E-state index contributed by atoms with van der Waals surface area (Å²) in [6.07, 6.45) is 2.68. The largest absolute Gasteiger partial charge is 0.345 e. The van der Waals surface area contributed by atoms with E-state index in [-0.39, 0.29) is 23.4 Å². The number of nitrogens with one attached hydrogen (secondary N) is 2. The van der Waals surface area contributed by atoms with Crippen molar-refractivity contribution in [3.8, 4) is 0 Å². The van der Waals surface area contributed by atoms with E-state index in [1.807, 2.05) is 48.7 Å². The molecule has 3 aromatic carbocycles. The van der Waals surface area contributed by atoms with Gasteiger partial charge < -0.3 is 10.3 Å². The molecule has 4 aromatic rings. The van der Waals surface area contributed by atoms with Gasteiger partial charge in [-0.15, -0.1) is 0 Å². The number of imidazole rings is 1. The topological polar surface area (TPSA) is 95.2 Å². The second-order valence-corrected chi connectivity index (χ2v) is 10.5. The molecule has 1 amide bonds. The zero-order valence-corrected chi connectivity index (χ0v) is 19.0. The predicted octanol–water partition coefficient (Wildman–Crippen LogP) is 3.84. The van der Waals surface area contributed by atoms with Gasteiger partial charge in [-0.3, -0.25) is 9.10 Å². The summed E-state index contributed by atoms with van der Waals surface area (Å²) >= 11 is 1.68. The van der Waals surface area contributed by atoms with Crippen molar-refractivity contribution in [2.45, 2.75) is 17.4 Å². The average molecular weight is 467 g/mol. The molecule has 32 heavy (non-hydrogen) atoms. The van der Waals surface area contributed by atoms with Gasteiger partial charge in [-0.05, 0) is 48.1 Å². The van der Waals surface area contributed by atoms with Crippen LogP contribution >= 0.6 is 11.8 Å². The predicted molar refractivity (Wildman–Crippen MR) is 128 cm³/mol. The lowest BCUT2D eigenvalue weighted by molar-refractivity contribution is -0.120. The first kappa shape index (κ1) is 20.8. The highest BCUT2D eigenvalue weighted by Crippen LogP contribution is 2.41. The lowest BCUT2D eigenvalue weighted by atomic mass is 10.1. The molecular weight excluding hydrogens is 444 g/mol.